The molecule has 1 heterocycles. The van der Waals surface area contributed by atoms with Gasteiger partial charge in [-0.05, 0) is 6.92 Å². The lowest BCUT2D eigenvalue weighted by Gasteiger charge is -2.13. The summed E-state index contributed by atoms with van der Waals surface area (Å²) in [7, 11) is 1.16. The number of nitrogens with one attached hydrogen (secondary N) is 1. The van der Waals surface area contributed by atoms with Gasteiger partial charge in [0.1, 0.15) is 5.75 Å². The quantitative estimate of drug-likeness (QED) is 0.831. The van der Waals surface area contributed by atoms with E-state index in [1.165, 1.54) is 6.92 Å². The number of aromatic amines is 1. The van der Waals surface area contributed by atoms with Crippen molar-refractivity contribution in [2.45, 2.75) is 19.7 Å². The Kier molecular flexibility index (Phi) is 5.00. The molecule has 0 spiro atoms. The lowest BCUT2D eigenvalue weighted by Crippen LogP contribution is -2.24. The molecule has 1 aromatic heterocycles. The minimum absolute atomic E-state index is 0.0440. The fraction of sp³-hybridized carbons (Fsp3) is 0.455. The second-order valence-electron chi connectivity index (χ2n) is 3.54. The molecule has 20 heavy (non-hydrogen) atoms. The number of methoxy groups -OCH3 is 1. The van der Waals surface area contributed by atoms with E-state index >= 15 is 0 Å². The average Bonchev–Trinajstić information content (AvgIpc) is 2.31. The van der Waals surface area contributed by atoms with Gasteiger partial charge in [0.2, 0.25) is 0 Å². The Labute approximate surface area is 111 Å². The summed E-state index contributed by atoms with van der Waals surface area (Å²) in [5, 5.41) is 0. The third-order valence-corrected chi connectivity index (χ3v) is 2.14. The Morgan fingerprint density at radius 3 is 2.55 bits per heavy atom. The van der Waals surface area contributed by atoms with Crippen molar-refractivity contribution >= 4 is 5.97 Å². The van der Waals surface area contributed by atoms with Crippen LogP contribution < -0.4 is 15.0 Å². The van der Waals surface area contributed by atoms with Crippen molar-refractivity contribution in [1.29, 1.82) is 0 Å². The van der Waals surface area contributed by atoms with Crippen LogP contribution in [0.4, 0.5) is 13.2 Å². The third-order valence-electron chi connectivity index (χ3n) is 2.14. The van der Waals surface area contributed by atoms with Gasteiger partial charge in [-0.25, -0.2) is 0 Å². The molecule has 112 valence electrons. The molecular weight excluding hydrogens is 283 g/mol. The summed E-state index contributed by atoms with van der Waals surface area (Å²) in [6, 6.07) is 0.837. The van der Waals surface area contributed by atoms with Crippen molar-refractivity contribution < 1.29 is 32.2 Å². The van der Waals surface area contributed by atoms with Gasteiger partial charge in [-0.2, -0.15) is 0 Å². The highest BCUT2D eigenvalue weighted by molar-refractivity contribution is 5.73. The number of halogens is 3. The predicted molar refractivity (Wildman–Crippen MR) is 60.6 cm³/mol. The first-order chi connectivity index (χ1) is 9.26. The van der Waals surface area contributed by atoms with Gasteiger partial charge in [0.15, 0.2) is 5.88 Å². The smallest absolute Gasteiger partial charge is 0.482 e. The molecule has 0 saturated heterocycles. The number of carbonyl (C=O) groups excluding carboxylic acids is 1. The zero-order chi connectivity index (χ0) is 15.3. The molecule has 0 bridgehead atoms. The van der Waals surface area contributed by atoms with E-state index in [1.54, 1.807) is 0 Å². The van der Waals surface area contributed by atoms with Crippen LogP contribution in [0.1, 0.15) is 12.5 Å². The predicted octanol–water partition coefficient (Wildman–Crippen LogP) is 1.39. The Bertz CT molecular complexity index is 538. The number of H-pyrrole nitrogens is 1. The summed E-state index contributed by atoms with van der Waals surface area (Å²) in [6.07, 6.45) is -5.64. The normalized spacial score (nSPS) is 11.1. The standard InChI is InChI=1S/C11H12F3NO5/c1-3-19-9(16)4-6-7(20-11(12,13)14)5-8(18-2)15-10(6)17/h5H,3-4H2,1-2H3,(H,15,17). The molecular formula is C11H12F3NO5. The Morgan fingerprint density at radius 1 is 1.40 bits per heavy atom. The maximum atomic E-state index is 12.3. The van der Waals surface area contributed by atoms with E-state index in [9.17, 15) is 22.8 Å². The minimum Gasteiger partial charge on any atom is -0.482 e. The summed E-state index contributed by atoms with van der Waals surface area (Å²) in [4.78, 5) is 25.1. The zero-order valence-corrected chi connectivity index (χ0v) is 10.7. The second kappa shape index (κ2) is 6.31. The van der Waals surface area contributed by atoms with Gasteiger partial charge in [-0.15, -0.1) is 13.2 Å². The Hall–Kier alpha value is -2.19. The van der Waals surface area contributed by atoms with Crippen molar-refractivity contribution in [2.75, 3.05) is 13.7 Å². The van der Waals surface area contributed by atoms with Crippen molar-refractivity contribution in [2.24, 2.45) is 0 Å². The molecule has 0 aliphatic carbocycles. The number of esters is 1. The molecule has 1 N–H and O–H groups in total. The molecule has 0 saturated carbocycles. The highest BCUT2D eigenvalue weighted by atomic mass is 19.4. The number of ether oxygens (including phenoxy) is 3. The SMILES string of the molecule is CCOC(=O)Cc1c(OC(F)(F)F)cc(OC)[nH]c1=O. The average molecular weight is 295 g/mol. The molecule has 0 fully saturated rings. The second-order valence-corrected chi connectivity index (χ2v) is 3.54. The van der Waals surface area contributed by atoms with E-state index in [0.717, 1.165) is 13.2 Å². The van der Waals surface area contributed by atoms with Crippen LogP contribution in [-0.4, -0.2) is 31.0 Å². The van der Waals surface area contributed by atoms with Gasteiger partial charge in [0, 0.05) is 6.07 Å². The first-order valence-corrected chi connectivity index (χ1v) is 5.48. The molecule has 0 aromatic carbocycles. The van der Waals surface area contributed by atoms with Crippen LogP contribution in [0.15, 0.2) is 10.9 Å². The van der Waals surface area contributed by atoms with E-state index in [2.05, 4.69) is 19.2 Å². The minimum atomic E-state index is -5.00. The Morgan fingerprint density at radius 2 is 2.05 bits per heavy atom. The van der Waals surface area contributed by atoms with Crippen molar-refractivity contribution in [3.05, 3.63) is 22.0 Å². The molecule has 0 unspecified atom stereocenters. The first-order valence-electron chi connectivity index (χ1n) is 5.48. The van der Waals surface area contributed by atoms with Crippen molar-refractivity contribution in [3.8, 4) is 11.6 Å². The number of aromatic nitrogens is 1. The highest BCUT2D eigenvalue weighted by Gasteiger charge is 2.33. The van der Waals surface area contributed by atoms with Crippen LogP contribution >= 0.6 is 0 Å². The molecule has 0 atom stereocenters. The molecule has 6 nitrogen and oxygen atoms in total. The lowest BCUT2D eigenvalue weighted by molar-refractivity contribution is -0.275. The largest absolute Gasteiger partial charge is 0.573 e. The van der Waals surface area contributed by atoms with Crippen LogP contribution in [0.5, 0.6) is 11.6 Å². The number of pyridine rings is 1. The number of hydrogen-bond acceptors (Lipinski definition) is 5. The van der Waals surface area contributed by atoms with Gasteiger partial charge in [0.05, 0.1) is 25.7 Å². The first kappa shape index (κ1) is 15.9. The summed E-state index contributed by atoms with van der Waals surface area (Å²) >= 11 is 0. The molecule has 1 rings (SSSR count). The number of alkyl halides is 3. The van der Waals surface area contributed by atoms with E-state index in [0.29, 0.717) is 0 Å². The van der Waals surface area contributed by atoms with Gasteiger partial charge in [-0.3, -0.25) is 14.6 Å². The van der Waals surface area contributed by atoms with Gasteiger partial charge in [0.25, 0.3) is 5.56 Å². The van der Waals surface area contributed by atoms with Crippen molar-refractivity contribution in [3.63, 3.8) is 0 Å². The fourth-order valence-corrected chi connectivity index (χ4v) is 1.39. The topological polar surface area (TPSA) is 77.6 Å². The molecule has 0 aliphatic rings. The fourth-order valence-electron chi connectivity index (χ4n) is 1.39. The van der Waals surface area contributed by atoms with Crippen molar-refractivity contribution in [1.82, 2.24) is 4.98 Å². The number of rotatable bonds is 5. The highest BCUT2D eigenvalue weighted by Crippen LogP contribution is 2.27. The van der Waals surface area contributed by atoms with Crippen LogP contribution in [0, 0.1) is 0 Å². The van der Waals surface area contributed by atoms with Crippen LogP contribution in [0.25, 0.3) is 0 Å². The Balaban J connectivity index is 3.19. The summed E-state index contributed by atoms with van der Waals surface area (Å²) in [6.45, 7) is 1.58. The molecule has 0 radical (unpaired) electrons. The number of carbonyl (C=O) groups is 1. The maximum Gasteiger partial charge on any atom is 0.573 e. The van der Waals surface area contributed by atoms with E-state index < -0.39 is 35.6 Å². The van der Waals surface area contributed by atoms with E-state index in [-0.39, 0.29) is 12.5 Å². The summed E-state index contributed by atoms with van der Waals surface area (Å²) in [5.74, 6) is -1.86. The summed E-state index contributed by atoms with van der Waals surface area (Å²) in [5.41, 5.74) is -1.40. The maximum absolute atomic E-state index is 12.3. The zero-order valence-electron chi connectivity index (χ0n) is 10.7. The van der Waals surface area contributed by atoms with Crippen LogP contribution in [-0.2, 0) is 16.0 Å². The van der Waals surface area contributed by atoms with Gasteiger partial charge < -0.3 is 14.2 Å². The molecule has 1 aromatic rings. The molecule has 0 aliphatic heterocycles. The van der Waals surface area contributed by atoms with Crippen LogP contribution in [0.2, 0.25) is 0 Å². The third kappa shape index (κ3) is 4.48. The van der Waals surface area contributed by atoms with Gasteiger partial charge >= 0.3 is 12.3 Å². The van der Waals surface area contributed by atoms with Gasteiger partial charge in [-0.1, -0.05) is 0 Å². The van der Waals surface area contributed by atoms with Crippen LogP contribution in [0.3, 0.4) is 0 Å². The lowest BCUT2D eigenvalue weighted by atomic mass is 10.2. The van der Waals surface area contributed by atoms with E-state index in [1.807, 2.05) is 0 Å². The number of hydrogen-bond donors (Lipinski definition) is 1. The monoisotopic (exact) mass is 295 g/mol. The molecule has 0 amide bonds. The van der Waals surface area contributed by atoms with E-state index in [4.69, 9.17) is 0 Å². The molecule has 9 heteroatoms. The summed E-state index contributed by atoms with van der Waals surface area (Å²) < 4.78 is 49.8.